The number of allylic oxidation sites excluding steroid dienone is 2. The van der Waals surface area contributed by atoms with Crippen LogP contribution in [0.25, 0.3) is 17.2 Å². The molecule has 4 nitrogen and oxygen atoms in total. The topological polar surface area (TPSA) is 63.6 Å². The Bertz CT molecular complexity index is 925. The summed E-state index contributed by atoms with van der Waals surface area (Å²) < 4.78 is 5.56. The molecule has 2 aromatic carbocycles. The lowest BCUT2D eigenvalue weighted by Gasteiger charge is -2.19. The molecule has 0 bridgehead atoms. The number of ether oxygens (including phenoxy) is 1. The van der Waals surface area contributed by atoms with Gasteiger partial charge in [-0.1, -0.05) is 18.7 Å². The van der Waals surface area contributed by atoms with Crippen LogP contribution in [0.3, 0.4) is 0 Å². The fourth-order valence-corrected chi connectivity index (χ4v) is 3.29. The standard InChI is InChI=1S/C19H13IO4/c1-3-10-4-6-12-16(22)9-14(20)19(23)18(12)17(10)13-8-11(24-2)5-7-15(13)21/h3-9,21H,1H2,2H3. The van der Waals surface area contributed by atoms with E-state index in [9.17, 15) is 14.7 Å². The maximum Gasteiger partial charge on any atom is 0.200 e. The van der Waals surface area contributed by atoms with Crippen molar-refractivity contribution >= 4 is 40.2 Å². The number of ketones is 2. The number of phenolic OH excluding ortho intramolecular Hbond substituents is 1. The van der Waals surface area contributed by atoms with Crippen LogP contribution in [0.4, 0.5) is 0 Å². The minimum atomic E-state index is -0.244. The largest absolute Gasteiger partial charge is 0.507 e. The van der Waals surface area contributed by atoms with E-state index < -0.39 is 0 Å². The molecule has 0 atom stereocenters. The van der Waals surface area contributed by atoms with Crippen LogP contribution in [-0.4, -0.2) is 23.8 Å². The minimum Gasteiger partial charge on any atom is -0.507 e. The highest BCUT2D eigenvalue weighted by atomic mass is 127. The number of Topliss-reactive ketones (excluding diaryl/α,β-unsaturated/α-hetero) is 1. The molecule has 120 valence electrons. The number of rotatable bonds is 3. The number of phenols is 1. The van der Waals surface area contributed by atoms with Crippen LogP contribution in [0.1, 0.15) is 26.3 Å². The normalized spacial score (nSPS) is 13.3. The first-order chi connectivity index (χ1) is 11.5. The Morgan fingerprint density at radius 3 is 2.54 bits per heavy atom. The molecule has 0 saturated heterocycles. The fraction of sp³-hybridized carbons (Fsp3) is 0.0526. The van der Waals surface area contributed by atoms with Crippen molar-refractivity contribution in [2.24, 2.45) is 0 Å². The zero-order valence-corrected chi connectivity index (χ0v) is 15.0. The van der Waals surface area contributed by atoms with E-state index in [0.717, 1.165) is 0 Å². The summed E-state index contributed by atoms with van der Waals surface area (Å²) in [6.45, 7) is 3.78. The summed E-state index contributed by atoms with van der Waals surface area (Å²) in [4.78, 5) is 25.0. The van der Waals surface area contributed by atoms with Crippen molar-refractivity contribution in [1.82, 2.24) is 0 Å². The number of aromatic hydroxyl groups is 1. The zero-order chi connectivity index (χ0) is 17.4. The maximum absolute atomic E-state index is 12.7. The smallest absolute Gasteiger partial charge is 0.200 e. The SMILES string of the molecule is C=Cc1ccc2c(c1-c1cc(OC)ccc1O)C(=O)C(I)=CC2=O. The third kappa shape index (κ3) is 2.54. The first-order valence-corrected chi connectivity index (χ1v) is 8.18. The van der Waals surface area contributed by atoms with Gasteiger partial charge in [-0.3, -0.25) is 9.59 Å². The molecule has 1 N–H and O–H groups in total. The van der Waals surface area contributed by atoms with Gasteiger partial charge in [-0.05, 0) is 52.4 Å². The highest BCUT2D eigenvalue weighted by Crippen LogP contribution is 2.41. The third-order valence-electron chi connectivity index (χ3n) is 3.90. The van der Waals surface area contributed by atoms with Gasteiger partial charge in [0.05, 0.1) is 10.7 Å². The Kier molecular flexibility index (Phi) is 4.28. The van der Waals surface area contributed by atoms with E-state index in [-0.39, 0.29) is 22.9 Å². The lowest BCUT2D eigenvalue weighted by molar-refractivity contribution is 0.0993. The summed E-state index contributed by atoms with van der Waals surface area (Å²) in [5, 5.41) is 10.3. The van der Waals surface area contributed by atoms with Crippen LogP contribution >= 0.6 is 22.6 Å². The first kappa shape index (κ1) is 16.4. The molecule has 0 radical (unpaired) electrons. The maximum atomic E-state index is 12.7. The van der Waals surface area contributed by atoms with Gasteiger partial charge < -0.3 is 9.84 Å². The molecule has 0 heterocycles. The number of methoxy groups -OCH3 is 1. The fourth-order valence-electron chi connectivity index (χ4n) is 2.74. The average Bonchev–Trinajstić information content (AvgIpc) is 2.59. The Labute approximate surface area is 152 Å². The molecule has 1 aliphatic rings. The molecule has 0 saturated carbocycles. The second-order valence-electron chi connectivity index (χ2n) is 5.23. The Balaban J connectivity index is 2.41. The molecule has 0 fully saturated rings. The predicted molar refractivity (Wildman–Crippen MR) is 101 cm³/mol. The summed E-state index contributed by atoms with van der Waals surface area (Å²) in [5.41, 5.74) is 2.17. The van der Waals surface area contributed by atoms with E-state index in [4.69, 9.17) is 4.74 Å². The molecular formula is C19H13IO4. The van der Waals surface area contributed by atoms with Crippen LogP contribution < -0.4 is 4.74 Å². The van der Waals surface area contributed by atoms with Crippen molar-refractivity contribution in [3.05, 3.63) is 63.3 Å². The average molecular weight is 432 g/mol. The second-order valence-corrected chi connectivity index (χ2v) is 6.39. The van der Waals surface area contributed by atoms with Crippen molar-refractivity contribution in [2.75, 3.05) is 7.11 Å². The van der Waals surface area contributed by atoms with Crippen molar-refractivity contribution in [1.29, 1.82) is 0 Å². The van der Waals surface area contributed by atoms with Gasteiger partial charge in [0.25, 0.3) is 0 Å². The zero-order valence-electron chi connectivity index (χ0n) is 12.8. The van der Waals surface area contributed by atoms with Crippen LogP contribution in [0.15, 0.2) is 46.6 Å². The van der Waals surface area contributed by atoms with E-state index in [0.29, 0.717) is 31.6 Å². The number of benzene rings is 2. The monoisotopic (exact) mass is 432 g/mol. The van der Waals surface area contributed by atoms with Gasteiger partial charge >= 0.3 is 0 Å². The van der Waals surface area contributed by atoms with E-state index in [2.05, 4.69) is 6.58 Å². The molecule has 0 unspecified atom stereocenters. The number of hydrogen-bond donors (Lipinski definition) is 1. The van der Waals surface area contributed by atoms with E-state index in [1.807, 2.05) is 22.6 Å². The van der Waals surface area contributed by atoms with Crippen molar-refractivity contribution < 1.29 is 19.4 Å². The summed E-state index contributed by atoms with van der Waals surface area (Å²) >= 11 is 1.86. The van der Waals surface area contributed by atoms with Gasteiger partial charge in [0.15, 0.2) is 5.78 Å². The van der Waals surface area contributed by atoms with Crippen LogP contribution in [0, 0.1) is 0 Å². The molecule has 24 heavy (non-hydrogen) atoms. The quantitative estimate of drug-likeness (QED) is 0.731. The van der Waals surface area contributed by atoms with Crippen molar-refractivity contribution in [3.63, 3.8) is 0 Å². The molecule has 0 spiro atoms. The molecule has 0 aromatic heterocycles. The third-order valence-corrected chi connectivity index (χ3v) is 4.70. The number of fused-ring (bicyclic) bond motifs is 1. The number of hydrogen-bond acceptors (Lipinski definition) is 4. The van der Waals surface area contributed by atoms with E-state index in [1.165, 1.54) is 19.3 Å². The molecule has 3 rings (SSSR count). The highest BCUT2D eigenvalue weighted by Gasteiger charge is 2.29. The van der Waals surface area contributed by atoms with E-state index >= 15 is 0 Å². The van der Waals surface area contributed by atoms with Gasteiger partial charge in [0.1, 0.15) is 11.5 Å². The van der Waals surface area contributed by atoms with Crippen molar-refractivity contribution in [2.45, 2.75) is 0 Å². The van der Waals surface area contributed by atoms with Gasteiger partial charge in [-0.2, -0.15) is 0 Å². The summed E-state index contributed by atoms with van der Waals surface area (Å²) in [5.74, 6) is 0.0618. The number of carbonyl (C=O) groups is 2. The van der Waals surface area contributed by atoms with Gasteiger partial charge in [0, 0.05) is 28.3 Å². The minimum absolute atomic E-state index is 0.00268. The molecular weight excluding hydrogens is 419 g/mol. The Morgan fingerprint density at radius 2 is 1.88 bits per heavy atom. The number of carbonyl (C=O) groups excluding carboxylic acids is 2. The Hall–Kier alpha value is -2.41. The van der Waals surface area contributed by atoms with Crippen LogP contribution in [0.2, 0.25) is 0 Å². The summed E-state index contributed by atoms with van der Waals surface area (Å²) in [7, 11) is 1.52. The lowest BCUT2D eigenvalue weighted by Crippen LogP contribution is -2.16. The first-order valence-electron chi connectivity index (χ1n) is 7.11. The van der Waals surface area contributed by atoms with Crippen molar-refractivity contribution in [3.8, 4) is 22.6 Å². The van der Waals surface area contributed by atoms with Crippen LogP contribution in [0.5, 0.6) is 11.5 Å². The molecule has 5 heteroatoms. The van der Waals surface area contributed by atoms with E-state index in [1.54, 1.807) is 30.3 Å². The van der Waals surface area contributed by atoms with Gasteiger partial charge in [-0.15, -0.1) is 0 Å². The highest BCUT2D eigenvalue weighted by molar-refractivity contribution is 14.1. The lowest BCUT2D eigenvalue weighted by atomic mass is 9.84. The molecule has 2 aromatic rings. The summed E-state index contributed by atoms with van der Waals surface area (Å²) in [6, 6.07) is 8.10. The predicted octanol–water partition coefficient (Wildman–Crippen LogP) is 4.41. The number of halogens is 1. The molecule has 1 aliphatic carbocycles. The molecule has 0 aliphatic heterocycles. The van der Waals surface area contributed by atoms with Gasteiger partial charge in [0.2, 0.25) is 5.78 Å². The Morgan fingerprint density at radius 1 is 1.12 bits per heavy atom. The van der Waals surface area contributed by atoms with Crippen LogP contribution in [-0.2, 0) is 0 Å². The van der Waals surface area contributed by atoms with Gasteiger partial charge in [-0.25, -0.2) is 0 Å². The summed E-state index contributed by atoms with van der Waals surface area (Å²) in [6.07, 6.45) is 2.92. The molecule has 0 amide bonds. The second kappa shape index (κ2) is 6.24.